The third kappa shape index (κ3) is 6.40. The molecule has 1 heterocycles. The van der Waals surface area contributed by atoms with Crippen molar-refractivity contribution in [2.45, 2.75) is 39.7 Å². The molecule has 7 nitrogen and oxygen atoms in total. The van der Waals surface area contributed by atoms with Gasteiger partial charge in [0.25, 0.3) is 0 Å². The van der Waals surface area contributed by atoms with E-state index in [-0.39, 0.29) is 12.1 Å². The Labute approximate surface area is 165 Å². The van der Waals surface area contributed by atoms with E-state index in [0.717, 1.165) is 10.9 Å². The molecule has 0 atom stereocenters. The summed E-state index contributed by atoms with van der Waals surface area (Å²) in [6.07, 6.45) is 1.82. The van der Waals surface area contributed by atoms with E-state index in [2.05, 4.69) is 4.98 Å². The van der Waals surface area contributed by atoms with Gasteiger partial charge < -0.3 is 19.1 Å². The summed E-state index contributed by atoms with van der Waals surface area (Å²) < 4.78 is 16.0. The van der Waals surface area contributed by atoms with Gasteiger partial charge in [0.05, 0.1) is 24.3 Å². The molecule has 7 heteroatoms. The van der Waals surface area contributed by atoms with Crippen LogP contribution < -0.4 is 4.74 Å². The van der Waals surface area contributed by atoms with E-state index >= 15 is 0 Å². The first-order valence-electron chi connectivity index (χ1n) is 9.33. The van der Waals surface area contributed by atoms with Crippen LogP contribution in [0.3, 0.4) is 0 Å². The van der Waals surface area contributed by atoms with Crippen molar-refractivity contribution in [3.63, 3.8) is 0 Å². The number of benzene rings is 1. The van der Waals surface area contributed by atoms with Gasteiger partial charge in [-0.05, 0) is 52.3 Å². The topological polar surface area (TPSA) is 78.0 Å². The van der Waals surface area contributed by atoms with Crippen LogP contribution in [0.5, 0.6) is 5.75 Å². The Morgan fingerprint density at radius 3 is 2.61 bits per heavy atom. The molecule has 1 aromatic heterocycles. The highest BCUT2D eigenvalue weighted by atomic mass is 16.6. The van der Waals surface area contributed by atoms with Crippen LogP contribution in [0.1, 0.15) is 44.5 Å². The van der Waals surface area contributed by atoms with Gasteiger partial charge in [0.2, 0.25) is 0 Å². The number of ether oxygens (including phenoxy) is 3. The van der Waals surface area contributed by atoms with Gasteiger partial charge in [-0.2, -0.15) is 0 Å². The number of nitrogens with zero attached hydrogens (tertiary/aromatic N) is 2. The summed E-state index contributed by atoms with van der Waals surface area (Å²) in [4.78, 5) is 29.5. The molecule has 0 fully saturated rings. The molecule has 0 aliphatic carbocycles. The minimum absolute atomic E-state index is 0.326. The number of hydrogen-bond acceptors (Lipinski definition) is 6. The second-order valence-corrected chi connectivity index (χ2v) is 7.40. The molecule has 2 rings (SSSR count). The van der Waals surface area contributed by atoms with Crippen molar-refractivity contribution in [2.75, 3.05) is 26.8 Å². The Morgan fingerprint density at radius 2 is 1.93 bits per heavy atom. The van der Waals surface area contributed by atoms with Crippen LogP contribution in [-0.2, 0) is 9.47 Å². The monoisotopic (exact) mass is 388 g/mol. The van der Waals surface area contributed by atoms with Gasteiger partial charge in [0.15, 0.2) is 0 Å². The number of aromatic nitrogens is 1. The molecule has 0 saturated carbocycles. The second-order valence-electron chi connectivity index (χ2n) is 7.40. The summed E-state index contributed by atoms with van der Waals surface area (Å²) in [5.41, 5.74) is 0.650. The summed E-state index contributed by atoms with van der Waals surface area (Å²) in [6, 6.07) is 7.26. The van der Waals surface area contributed by atoms with Gasteiger partial charge >= 0.3 is 12.1 Å². The maximum absolute atomic E-state index is 11.9. The summed E-state index contributed by atoms with van der Waals surface area (Å²) in [5, 5.41) is 0.836. The fourth-order valence-corrected chi connectivity index (χ4v) is 2.44. The van der Waals surface area contributed by atoms with Crippen molar-refractivity contribution in [1.82, 2.24) is 9.88 Å². The molecule has 0 spiro atoms. The smallest absolute Gasteiger partial charge is 0.410 e. The van der Waals surface area contributed by atoms with Gasteiger partial charge in [0, 0.05) is 31.2 Å². The van der Waals surface area contributed by atoms with Gasteiger partial charge in [-0.25, -0.2) is 9.59 Å². The van der Waals surface area contributed by atoms with E-state index in [9.17, 15) is 9.59 Å². The van der Waals surface area contributed by atoms with Gasteiger partial charge in [0.1, 0.15) is 11.4 Å². The zero-order valence-corrected chi connectivity index (χ0v) is 17.2. The lowest BCUT2D eigenvalue weighted by Gasteiger charge is -2.24. The predicted octanol–water partition coefficient (Wildman–Crippen LogP) is 4.05. The fourth-order valence-electron chi connectivity index (χ4n) is 2.44. The fraction of sp³-hybridized carbons (Fsp3) is 0.476. The van der Waals surface area contributed by atoms with Gasteiger partial charge in [-0.15, -0.1) is 0 Å². The minimum atomic E-state index is -0.507. The Balaban J connectivity index is 1.87. The third-order valence-corrected chi connectivity index (χ3v) is 3.78. The lowest BCUT2D eigenvalue weighted by Crippen LogP contribution is -2.35. The molecule has 28 heavy (non-hydrogen) atoms. The summed E-state index contributed by atoms with van der Waals surface area (Å²) in [7, 11) is 1.70. The van der Waals surface area contributed by atoms with Crippen LogP contribution in [0.15, 0.2) is 30.5 Å². The molecule has 0 N–H and O–H groups in total. The third-order valence-electron chi connectivity index (χ3n) is 3.78. The Bertz CT molecular complexity index is 829. The maximum Gasteiger partial charge on any atom is 0.410 e. The Kier molecular flexibility index (Phi) is 7.20. The van der Waals surface area contributed by atoms with Crippen LogP contribution in [0.4, 0.5) is 4.79 Å². The normalized spacial score (nSPS) is 11.2. The van der Waals surface area contributed by atoms with Crippen LogP contribution >= 0.6 is 0 Å². The molecule has 0 aliphatic rings. The van der Waals surface area contributed by atoms with Crippen molar-refractivity contribution < 1.29 is 23.8 Å². The molecule has 1 aromatic carbocycles. The maximum atomic E-state index is 11.9. The number of carbonyl (C=O) groups excluding carboxylic acids is 2. The van der Waals surface area contributed by atoms with E-state index in [1.165, 1.54) is 11.1 Å². The Hall–Kier alpha value is -2.83. The van der Waals surface area contributed by atoms with E-state index in [1.54, 1.807) is 20.0 Å². The molecule has 0 unspecified atom stereocenters. The summed E-state index contributed by atoms with van der Waals surface area (Å²) in [5.74, 6) is 0.301. The standard InChI is InChI=1S/C21H28N2O5/c1-6-26-19(24)16-12-15-8-9-17(13-18(15)22-14-16)27-11-7-10-23(5)20(25)28-21(2,3)4/h8-9,12-14H,6-7,10-11H2,1-5H3. The molecule has 0 saturated heterocycles. The van der Waals surface area contributed by atoms with Crippen molar-refractivity contribution >= 4 is 23.0 Å². The number of carbonyl (C=O) groups is 2. The first-order valence-corrected chi connectivity index (χ1v) is 9.33. The second kappa shape index (κ2) is 9.39. The molecule has 152 valence electrons. The van der Waals surface area contributed by atoms with Crippen molar-refractivity contribution in [2.24, 2.45) is 0 Å². The highest BCUT2D eigenvalue weighted by Gasteiger charge is 2.19. The first kappa shape index (κ1) is 21.5. The highest BCUT2D eigenvalue weighted by molar-refractivity contribution is 5.93. The zero-order chi connectivity index (χ0) is 20.7. The van der Waals surface area contributed by atoms with E-state index in [4.69, 9.17) is 14.2 Å². The predicted molar refractivity (Wildman–Crippen MR) is 107 cm³/mol. The van der Waals surface area contributed by atoms with E-state index in [0.29, 0.717) is 37.5 Å². The number of fused-ring (bicyclic) bond motifs is 1. The summed E-state index contributed by atoms with van der Waals surface area (Å²) in [6.45, 7) is 8.60. The SMILES string of the molecule is CCOC(=O)c1cnc2cc(OCCCN(C)C(=O)OC(C)(C)C)ccc2c1. The molecule has 1 amide bonds. The Morgan fingerprint density at radius 1 is 1.18 bits per heavy atom. The van der Waals surface area contributed by atoms with E-state index in [1.807, 2.05) is 39.0 Å². The van der Waals surface area contributed by atoms with Crippen LogP contribution in [-0.4, -0.2) is 54.4 Å². The number of hydrogen-bond donors (Lipinski definition) is 0. The molecule has 2 aromatic rings. The number of esters is 1. The average molecular weight is 388 g/mol. The minimum Gasteiger partial charge on any atom is -0.493 e. The van der Waals surface area contributed by atoms with Crippen molar-refractivity contribution in [3.05, 3.63) is 36.0 Å². The van der Waals surface area contributed by atoms with Crippen molar-refractivity contribution in [3.8, 4) is 5.75 Å². The number of amides is 1. The number of pyridine rings is 1. The first-order chi connectivity index (χ1) is 13.2. The van der Waals surface area contributed by atoms with Crippen LogP contribution in [0.25, 0.3) is 10.9 Å². The largest absolute Gasteiger partial charge is 0.493 e. The quantitative estimate of drug-likeness (QED) is 0.526. The van der Waals surface area contributed by atoms with Crippen LogP contribution in [0.2, 0.25) is 0 Å². The molecular weight excluding hydrogens is 360 g/mol. The molecular formula is C21H28N2O5. The number of rotatable bonds is 7. The molecule has 0 radical (unpaired) electrons. The lowest BCUT2D eigenvalue weighted by atomic mass is 10.1. The zero-order valence-electron chi connectivity index (χ0n) is 17.2. The van der Waals surface area contributed by atoms with Gasteiger partial charge in [-0.1, -0.05) is 0 Å². The van der Waals surface area contributed by atoms with Gasteiger partial charge in [-0.3, -0.25) is 4.98 Å². The molecule has 0 bridgehead atoms. The lowest BCUT2D eigenvalue weighted by molar-refractivity contribution is 0.0291. The van der Waals surface area contributed by atoms with E-state index < -0.39 is 5.60 Å². The van der Waals surface area contributed by atoms with Crippen molar-refractivity contribution in [1.29, 1.82) is 0 Å². The average Bonchev–Trinajstić information content (AvgIpc) is 2.63. The van der Waals surface area contributed by atoms with Crippen LogP contribution in [0, 0.1) is 0 Å². The molecule has 0 aliphatic heterocycles. The summed E-state index contributed by atoms with van der Waals surface area (Å²) >= 11 is 0. The highest BCUT2D eigenvalue weighted by Crippen LogP contribution is 2.20.